The molecule has 0 spiro atoms. The van der Waals surface area contributed by atoms with E-state index in [0.717, 1.165) is 12.8 Å². The van der Waals surface area contributed by atoms with E-state index in [9.17, 15) is 0 Å². The van der Waals surface area contributed by atoms with Crippen LogP contribution in [0.25, 0.3) is 0 Å². The summed E-state index contributed by atoms with van der Waals surface area (Å²) in [5.74, 6) is 0. The summed E-state index contributed by atoms with van der Waals surface area (Å²) in [5, 5.41) is 0. The van der Waals surface area contributed by atoms with Crippen LogP contribution < -0.4 is 5.73 Å². The highest BCUT2D eigenvalue weighted by atomic mass is 15.2. The third-order valence-electron chi connectivity index (χ3n) is 5.20. The van der Waals surface area contributed by atoms with Crippen LogP contribution in [0.15, 0.2) is 36.4 Å². The number of rotatable bonds is 3. The molecule has 2 N–H and O–H groups in total. The molecule has 1 aliphatic carbocycles. The van der Waals surface area contributed by atoms with Crippen LogP contribution in [0.1, 0.15) is 50.2 Å². The first-order valence-corrected chi connectivity index (χ1v) is 8.37. The predicted molar refractivity (Wildman–Crippen MR) is 89.3 cm³/mol. The number of benzene rings is 1. The minimum absolute atomic E-state index is 0.257. The summed E-state index contributed by atoms with van der Waals surface area (Å²) in [6.45, 7) is 8.65. The van der Waals surface area contributed by atoms with Crippen molar-refractivity contribution < 1.29 is 0 Å². The smallest absolute Gasteiger partial charge is 0.0610 e. The van der Waals surface area contributed by atoms with Gasteiger partial charge in [-0.05, 0) is 56.8 Å². The van der Waals surface area contributed by atoms with Crippen LogP contribution in [-0.2, 0) is 12.0 Å². The zero-order valence-corrected chi connectivity index (χ0v) is 13.3. The lowest BCUT2D eigenvalue weighted by Crippen LogP contribution is -2.54. The molecule has 0 bridgehead atoms. The maximum Gasteiger partial charge on any atom is 0.0610 e. The Hall–Kier alpha value is -1.12. The van der Waals surface area contributed by atoms with Gasteiger partial charge in [0.05, 0.1) is 5.54 Å². The summed E-state index contributed by atoms with van der Waals surface area (Å²) in [6, 6.07) is 9.20. The molecule has 0 radical (unpaired) electrons. The second-order valence-corrected chi connectivity index (χ2v) is 7.00. The van der Waals surface area contributed by atoms with E-state index in [2.05, 4.69) is 42.7 Å². The molecular weight excluding hydrogens is 256 g/mol. The number of likely N-dealkylation sites (tertiary alicyclic amines) is 1. The van der Waals surface area contributed by atoms with Gasteiger partial charge in [0.1, 0.15) is 0 Å². The van der Waals surface area contributed by atoms with Crippen LogP contribution in [0.3, 0.4) is 0 Å². The van der Waals surface area contributed by atoms with Gasteiger partial charge in [-0.2, -0.15) is 0 Å². The molecular formula is C19H28N2. The molecule has 2 atom stereocenters. The van der Waals surface area contributed by atoms with Gasteiger partial charge in [0.2, 0.25) is 0 Å². The van der Waals surface area contributed by atoms with Crippen molar-refractivity contribution in [3.63, 3.8) is 0 Å². The van der Waals surface area contributed by atoms with E-state index in [1.807, 2.05) is 0 Å². The molecule has 3 rings (SSSR count). The van der Waals surface area contributed by atoms with Crippen molar-refractivity contribution in [2.75, 3.05) is 13.1 Å². The fourth-order valence-electron chi connectivity index (χ4n) is 4.30. The van der Waals surface area contributed by atoms with Crippen molar-refractivity contribution in [3.8, 4) is 0 Å². The van der Waals surface area contributed by atoms with Crippen LogP contribution >= 0.6 is 0 Å². The molecule has 1 saturated heterocycles. The van der Waals surface area contributed by atoms with Gasteiger partial charge < -0.3 is 5.73 Å². The van der Waals surface area contributed by atoms with Crippen molar-refractivity contribution in [1.82, 2.24) is 4.90 Å². The van der Waals surface area contributed by atoms with Crippen LogP contribution in [0.2, 0.25) is 0 Å². The highest BCUT2D eigenvalue weighted by Crippen LogP contribution is 2.42. The van der Waals surface area contributed by atoms with E-state index >= 15 is 0 Å². The van der Waals surface area contributed by atoms with Crippen molar-refractivity contribution >= 4 is 0 Å². The van der Waals surface area contributed by atoms with Gasteiger partial charge in [0, 0.05) is 6.04 Å². The van der Waals surface area contributed by atoms with Gasteiger partial charge in [-0.25, -0.2) is 0 Å². The molecule has 2 nitrogen and oxygen atoms in total. The SMILES string of the molecule is C=C(C)CC1(N)c2ccccc2CC1N1CCCCCC1. The topological polar surface area (TPSA) is 29.3 Å². The second kappa shape index (κ2) is 5.94. The number of nitrogens with zero attached hydrogens (tertiary/aromatic N) is 1. The van der Waals surface area contributed by atoms with E-state index in [0.29, 0.717) is 6.04 Å². The predicted octanol–water partition coefficient (Wildman–Crippen LogP) is 3.61. The Morgan fingerprint density at radius 1 is 1.24 bits per heavy atom. The van der Waals surface area contributed by atoms with Crippen molar-refractivity contribution in [2.45, 2.75) is 57.0 Å². The van der Waals surface area contributed by atoms with Gasteiger partial charge >= 0.3 is 0 Å². The van der Waals surface area contributed by atoms with Crippen molar-refractivity contribution in [1.29, 1.82) is 0 Å². The summed E-state index contributed by atoms with van der Waals surface area (Å²) in [4.78, 5) is 2.66. The average Bonchev–Trinajstić information content (AvgIpc) is 2.64. The number of hydrogen-bond donors (Lipinski definition) is 1. The largest absolute Gasteiger partial charge is 0.320 e. The standard InChI is InChI=1S/C19H28N2/c1-15(2)14-19(20)17-10-6-5-9-16(17)13-18(19)21-11-7-3-4-8-12-21/h5-6,9-10,18H,1,3-4,7-8,11-14,20H2,2H3. The fraction of sp³-hybridized carbons (Fsp3) is 0.579. The third-order valence-corrected chi connectivity index (χ3v) is 5.20. The second-order valence-electron chi connectivity index (χ2n) is 7.00. The van der Waals surface area contributed by atoms with Crippen LogP contribution in [0.5, 0.6) is 0 Å². The maximum atomic E-state index is 7.00. The van der Waals surface area contributed by atoms with E-state index in [1.54, 1.807) is 0 Å². The van der Waals surface area contributed by atoms with Crippen LogP contribution in [-0.4, -0.2) is 24.0 Å². The minimum atomic E-state index is -0.257. The van der Waals surface area contributed by atoms with Gasteiger partial charge in [-0.3, -0.25) is 4.90 Å². The Bertz CT molecular complexity index is 514. The normalized spacial score (nSPS) is 29.9. The zero-order valence-electron chi connectivity index (χ0n) is 13.3. The van der Waals surface area contributed by atoms with E-state index in [4.69, 9.17) is 5.73 Å². The Labute approximate surface area is 129 Å². The molecule has 1 aromatic carbocycles. The highest BCUT2D eigenvalue weighted by molar-refractivity contribution is 5.42. The molecule has 2 heteroatoms. The molecule has 114 valence electrons. The van der Waals surface area contributed by atoms with Crippen molar-refractivity contribution in [3.05, 3.63) is 47.5 Å². The Morgan fingerprint density at radius 2 is 1.90 bits per heavy atom. The van der Waals surface area contributed by atoms with Gasteiger partial charge in [-0.15, -0.1) is 6.58 Å². The molecule has 1 aliphatic heterocycles. The summed E-state index contributed by atoms with van der Waals surface area (Å²) < 4.78 is 0. The first-order chi connectivity index (χ1) is 10.1. The molecule has 1 heterocycles. The maximum absolute atomic E-state index is 7.00. The van der Waals surface area contributed by atoms with Crippen molar-refractivity contribution in [2.24, 2.45) is 5.73 Å². The molecule has 0 saturated carbocycles. The van der Waals surface area contributed by atoms with E-state index in [-0.39, 0.29) is 5.54 Å². The lowest BCUT2D eigenvalue weighted by atomic mass is 9.83. The van der Waals surface area contributed by atoms with Crippen LogP contribution in [0.4, 0.5) is 0 Å². The monoisotopic (exact) mass is 284 g/mol. The molecule has 0 amide bonds. The highest BCUT2D eigenvalue weighted by Gasteiger charge is 2.46. The summed E-state index contributed by atoms with van der Waals surface area (Å²) in [5.41, 5.74) is 10.7. The zero-order chi connectivity index (χ0) is 14.9. The van der Waals surface area contributed by atoms with Crippen LogP contribution in [0, 0.1) is 0 Å². The van der Waals surface area contributed by atoms with E-state index < -0.39 is 0 Å². The minimum Gasteiger partial charge on any atom is -0.320 e. The molecule has 1 aromatic rings. The Kier molecular flexibility index (Phi) is 4.19. The Morgan fingerprint density at radius 3 is 2.57 bits per heavy atom. The van der Waals surface area contributed by atoms with E-state index in [1.165, 1.54) is 55.5 Å². The quantitative estimate of drug-likeness (QED) is 0.859. The number of fused-ring (bicyclic) bond motifs is 1. The third kappa shape index (κ3) is 2.79. The number of nitrogens with two attached hydrogens (primary N) is 1. The summed E-state index contributed by atoms with van der Waals surface area (Å²) in [6.07, 6.45) is 7.36. The number of hydrogen-bond acceptors (Lipinski definition) is 2. The fourth-order valence-corrected chi connectivity index (χ4v) is 4.30. The molecule has 2 unspecified atom stereocenters. The molecule has 1 fully saturated rings. The van der Waals surface area contributed by atoms with Gasteiger partial charge in [-0.1, -0.05) is 42.7 Å². The summed E-state index contributed by atoms with van der Waals surface area (Å²) >= 11 is 0. The van der Waals surface area contributed by atoms with Gasteiger partial charge in [0.25, 0.3) is 0 Å². The van der Waals surface area contributed by atoms with Gasteiger partial charge in [0.15, 0.2) is 0 Å². The Balaban J connectivity index is 1.94. The molecule has 21 heavy (non-hydrogen) atoms. The first-order valence-electron chi connectivity index (χ1n) is 8.37. The average molecular weight is 284 g/mol. The lowest BCUT2D eigenvalue weighted by Gasteiger charge is -2.40. The molecule has 0 aromatic heterocycles. The summed E-state index contributed by atoms with van der Waals surface area (Å²) in [7, 11) is 0. The molecule has 2 aliphatic rings. The lowest BCUT2D eigenvalue weighted by molar-refractivity contribution is 0.134. The first kappa shape index (κ1) is 14.8.